The topological polar surface area (TPSA) is 37.8 Å². The summed E-state index contributed by atoms with van der Waals surface area (Å²) in [4.78, 5) is 0. The number of aromatic nitrogens is 2. The van der Waals surface area contributed by atoms with E-state index in [0.29, 0.717) is 0 Å². The van der Waals surface area contributed by atoms with E-state index in [4.69, 9.17) is 0 Å². The molecule has 2 heterocycles. The standard InChI is InChI=1S/C16H19N3/c1-16(2)11-17-15-6-5-12(9-14(15)16)3-4-13-7-8-18-19-10-13/h5-10,17H,3-4,11H2,1-2H3. The van der Waals surface area contributed by atoms with Crippen molar-refractivity contribution in [2.45, 2.75) is 32.1 Å². The largest absolute Gasteiger partial charge is 0.384 e. The molecule has 0 saturated carbocycles. The Bertz CT molecular complexity index is 576. The molecule has 0 saturated heterocycles. The fourth-order valence-electron chi connectivity index (χ4n) is 2.63. The Labute approximate surface area is 114 Å². The maximum Gasteiger partial charge on any atom is 0.0528 e. The van der Waals surface area contributed by atoms with Gasteiger partial charge in [0.05, 0.1) is 6.20 Å². The van der Waals surface area contributed by atoms with Gasteiger partial charge in [0.25, 0.3) is 0 Å². The molecule has 98 valence electrons. The summed E-state index contributed by atoms with van der Waals surface area (Å²) in [5.74, 6) is 0. The van der Waals surface area contributed by atoms with Crippen molar-refractivity contribution in [1.29, 1.82) is 0 Å². The van der Waals surface area contributed by atoms with Gasteiger partial charge in [0.1, 0.15) is 0 Å². The third-order valence-electron chi connectivity index (χ3n) is 3.88. The summed E-state index contributed by atoms with van der Waals surface area (Å²) in [5, 5.41) is 11.2. The van der Waals surface area contributed by atoms with Crippen molar-refractivity contribution < 1.29 is 0 Å². The lowest BCUT2D eigenvalue weighted by molar-refractivity contribution is 0.585. The van der Waals surface area contributed by atoms with Gasteiger partial charge in [0.2, 0.25) is 0 Å². The predicted octanol–water partition coefficient (Wildman–Crippen LogP) is 2.96. The summed E-state index contributed by atoms with van der Waals surface area (Å²) in [5.41, 5.74) is 5.61. The SMILES string of the molecule is CC1(C)CNc2ccc(CCc3ccnnc3)cc21. The van der Waals surface area contributed by atoms with Crippen LogP contribution in [0.4, 0.5) is 5.69 Å². The highest BCUT2D eigenvalue weighted by Gasteiger charge is 2.29. The van der Waals surface area contributed by atoms with Gasteiger partial charge in [-0.25, -0.2) is 0 Å². The first-order chi connectivity index (χ1) is 9.15. The smallest absolute Gasteiger partial charge is 0.0528 e. The Morgan fingerprint density at radius 2 is 1.95 bits per heavy atom. The molecule has 3 heteroatoms. The third kappa shape index (κ3) is 2.46. The average Bonchev–Trinajstić information content (AvgIpc) is 2.73. The number of anilines is 1. The summed E-state index contributed by atoms with van der Waals surface area (Å²) in [7, 11) is 0. The summed E-state index contributed by atoms with van der Waals surface area (Å²) >= 11 is 0. The Kier molecular flexibility index (Phi) is 2.97. The van der Waals surface area contributed by atoms with E-state index in [0.717, 1.165) is 19.4 Å². The lowest BCUT2D eigenvalue weighted by Gasteiger charge is -2.17. The van der Waals surface area contributed by atoms with Gasteiger partial charge < -0.3 is 5.32 Å². The molecule has 0 fully saturated rings. The van der Waals surface area contributed by atoms with Crippen molar-refractivity contribution in [1.82, 2.24) is 10.2 Å². The summed E-state index contributed by atoms with van der Waals surface area (Å²) in [6.07, 6.45) is 5.67. The monoisotopic (exact) mass is 253 g/mol. The molecule has 0 aliphatic carbocycles. The zero-order valence-electron chi connectivity index (χ0n) is 11.5. The number of rotatable bonds is 3. The van der Waals surface area contributed by atoms with E-state index in [2.05, 4.69) is 47.6 Å². The van der Waals surface area contributed by atoms with Crippen LogP contribution in [-0.4, -0.2) is 16.7 Å². The van der Waals surface area contributed by atoms with E-state index in [1.54, 1.807) is 6.20 Å². The number of nitrogens with one attached hydrogen (secondary N) is 1. The minimum atomic E-state index is 0.240. The molecule has 1 aliphatic rings. The Morgan fingerprint density at radius 1 is 1.11 bits per heavy atom. The number of hydrogen-bond acceptors (Lipinski definition) is 3. The molecule has 3 rings (SSSR count). The highest BCUT2D eigenvalue weighted by atomic mass is 15.1. The zero-order chi connectivity index (χ0) is 13.3. The van der Waals surface area contributed by atoms with Gasteiger partial charge in [-0.1, -0.05) is 26.0 Å². The number of nitrogens with zero attached hydrogens (tertiary/aromatic N) is 2. The van der Waals surface area contributed by atoms with Crippen LogP contribution >= 0.6 is 0 Å². The quantitative estimate of drug-likeness (QED) is 0.914. The molecule has 0 amide bonds. The first kappa shape index (κ1) is 12.2. The van der Waals surface area contributed by atoms with E-state index in [-0.39, 0.29) is 5.41 Å². The zero-order valence-corrected chi connectivity index (χ0v) is 11.5. The van der Waals surface area contributed by atoms with Crippen LogP contribution in [-0.2, 0) is 18.3 Å². The van der Waals surface area contributed by atoms with Gasteiger partial charge in [-0.3, -0.25) is 0 Å². The highest BCUT2D eigenvalue weighted by molar-refractivity contribution is 5.60. The minimum Gasteiger partial charge on any atom is -0.384 e. The number of aryl methyl sites for hydroxylation is 2. The predicted molar refractivity (Wildman–Crippen MR) is 77.4 cm³/mol. The first-order valence-corrected chi connectivity index (χ1v) is 6.78. The lowest BCUT2D eigenvalue weighted by atomic mass is 9.85. The molecule has 3 nitrogen and oxygen atoms in total. The molecule has 2 aromatic rings. The van der Waals surface area contributed by atoms with E-state index >= 15 is 0 Å². The Morgan fingerprint density at radius 3 is 2.74 bits per heavy atom. The van der Waals surface area contributed by atoms with Crippen LogP contribution in [0.2, 0.25) is 0 Å². The molecule has 0 unspecified atom stereocenters. The van der Waals surface area contributed by atoms with E-state index in [1.165, 1.54) is 22.4 Å². The molecule has 0 atom stereocenters. The molecule has 0 spiro atoms. The van der Waals surface area contributed by atoms with Crippen LogP contribution in [0, 0.1) is 0 Å². The van der Waals surface area contributed by atoms with Gasteiger partial charge in [0, 0.05) is 23.8 Å². The summed E-state index contributed by atoms with van der Waals surface area (Å²) in [6.45, 7) is 5.62. The molecule has 0 radical (unpaired) electrons. The molecule has 1 N–H and O–H groups in total. The summed E-state index contributed by atoms with van der Waals surface area (Å²) < 4.78 is 0. The van der Waals surface area contributed by atoms with Crippen LogP contribution in [0.1, 0.15) is 30.5 Å². The van der Waals surface area contributed by atoms with Gasteiger partial charge >= 0.3 is 0 Å². The molecule has 1 aromatic heterocycles. The maximum absolute atomic E-state index is 3.92. The minimum absolute atomic E-state index is 0.240. The molecular weight excluding hydrogens is 234 g/mol. The van der Waals surface area contributed by atoms with Gasteiger partial charge in [-0.2, -0.15) is 10.2 Å². The fourth-order valence-corrected chi connectivity index (χ4v) is 2.63. The van der Waals surface area contributed by atoms with E-state index in [1.807, 2.05) is 12.3 Å². The number of benzene rings is 1. The first-order valence-electron chi connectivity index (χ1n) is 6.78. The summed E-state index contributed by atoms with van der Waals surface area (Å²) in [6, 6.07) is 8.82. The second kappa shape index (κ2) is 4.65. The molecule has 1 aliphatic heterocycles. The van der Waals surface area contributed by atoms with Crippen molar-refractivity contribution in [3.8, 4) is 0 Å². The van der Waals surface area contributed by atoms with Gasteiger partial charge in [-0.05, 0) is 41.7 Å². The van der Waals surface area contributed by atoms with Crippen LogP contribution in [0.15, 0.2) is 36.7 Å². The molecular formula is C16H19N3. The van der Waals surface area contributed by atoms with Gasteiger partial charge in [0.15, 0.2) is 0 Å². The molecule has 19 heavy (non-hydrogen) atoms. The Balaban J connectivity index is 1.77. The Hall–Kier alpha value is -1.90. The lowest BCUT2D eigenvalue weighted by Crippen LogP contribution is -2.19. The fraction of sp³-hybridized carbons (Fsp3) is 0.375. The second-order valence-electron chi connectivity index (χ2n) is 5.87. The van der Waals surface area contributed by atoms with Crippen LogP contribution in [0.25, 0.3) is 0 Å². The molecule has 0 bridgehead atoms. The number of fused-ring (bicyclic) bond motifs is 1. The van der Waals surface area contributed by atoms with Crippen LogP contribution in [0.5, 0.6) is 0 Å². The van der Waals surface area contributed by atoms with E-state index in [9.17, 15) is 0 Å². The molecule has 1 aromatic carbocycles. The average molecular weight is 253 g/mol. The van der Waals surface area contributed by atoms with Crippen molar-refractivity contribution in [3.63, 3.8) is 0 Å². The third-order valence-corrected chi connectivity index (χ3v) is 3.88. The maximum atomic E-state index is 3.92. The van der Waals surface area contributed by atoms with Crippen LogP contribution < -0.4 is 5.32 Å². The van der Waals surface area contributed by atoms with E-state index < -0.39 is 0 Å². The normalized spacial score (nSPS) is 15.9. The van der Waals surface area contributed by atoms with Gasteiger partial charge in [-0.15, -0.1) is 0 Å². The number of hydrogen-bond donors (Lipinski definition) is 1. The van der Waals surface area contributed by atoms with Crippen molar-refractivity contribution in [2.75, 3.05) is 11.9 Å². The highest BCUT2D eigenvalue weighted by Crippen LogP contribution is 2.36. The van der Waals surface area contributed by atoms with Crippen molar-refractivity contribution in [2.24, 2.45) is 0 Å². The second-order valence-corrected chi connectivity index (χ2v) is 5.87. The van der Waals surface area contributed by atoms with Crippen molar-refractivity contribution in [3.05, 3.63) is 53.3 Å². The van der Waals surface area contributed by atoms with Crippen LogP contribution in [0.3, 0.4) is 0 Å². The van der Waals surface area contributed by atoms with Crippen molar-refractivity contribution >= 4 is 5.69 Å².